The molecule has 0 aliphatic rings. The summed E-state index contributed by atoms with van der Waals surface area (Å²) in [6.07, 6.45) is 0. The first-order valence-corrected chi connectivity index (χ1v) is 3.68. The van der Waals surface area contributed by atoms with Crippen LogP contribution in [-0.4, -0.2) is 11.1 Å². The number of halogens is 2. The predicted molar refractivity (Wildman–Crippen MR) is 45.8 cm³/mol. The zero-order valence-electron chi connectivity index (χ0n) is 7.21. The quantitative estimate of drug-likeness (QED) is 0.710. The highest BCUT2D eigenvalue weighted by atomic mass is 19.1. The molecule has 0 heterocycles. The Morgan fingerprint density at radius 3 is 2.53 bits per heavy atom. The molecule has 1 aromatic carbocycles. The molecule has 0 aromatic heterocycles. The molecular weight excluding hydrogens is 204 g/mol. The lowest BCUT2D eigenvalue weighted by molar-refractivity contribution is 0.0691. The molecule has 0 unspecified atom stereocenters. The molecule has 0 atom stereocenters. The Morgan fingerprint density at radius 1 is 1.33 bits per heavy atom. The Balaban J connectivity index is 3.33. The molecule has 15 heavy (non-hydrogen) atoms. The molecular formula is C10H3F2NO2. The summed E-state index contributed by atoms with van der Waals surface area (Å²) in [5, 5.41) is 16.6. The van der Waals surface area contributed by atoms with Crippen molar-refractivity contribution in [2.45, 2.75) is 0 Å². The number of rotatable bonds is 1. The van der Waals surface area contributed by atoms with Crippen LogP contribution in [0.25, 0.3) is 0 Å². The van der Waals surface area contributed by atoms with E-state index in [0.29, 0.717) is 12.1 Å². The number of nitrogens with zero attached hydrogens (tertiary/aromatic N) is 1. The van der Waals surface area contributed by atoms with Gasteiger partial charge in [0.1, 0.15) is 11.6 Å². The lowest BCUT2D eigenvalue weighted by atomic mass is 10.1. The van der Waals surface area contributed by atoms with Crippen molar-refractivity contribution >= 4 is 5.97 Å². The molecule has 0 aliphatic carbocycles. The molecule has 0 spiro atoms. The molecule has 3 nitrogen and oxygen atoms in total. The summed E-state index contributed by atoms with van der Waals surface area (Å²) in [6, 6.07) is 2.60. The average Bonchev–Trinajstić information content (AvgIpc) is 2.18. The van der Waals surface area contributed by atoms with Crippen LogP contribution in [0, 0.1) is 34.8 Å². The largest absolute Gasteiger partial charge is 0.478 e. The highest BCUT2D eigenvalue weighted by molar-refractivity contribution is 5.88. The summed E-state index contributed by atoms with van der Waals surface area (Å²) in [5.74, 6) is 0.303. The van der Waals surface area contributed by atoms with E-state index in [1.807, 2.05) is 5.92 Å². The van der Waals surface area contributed by atoms with E-state index in [4.69, 9.17) is 10.4 Å². The second-order valence-electron chi connectivity index (χ2n) is 2.48. The molecule has 1 N–H and O–H groups in total. The summed E-state index contributed by atoms with van der Waals surface area (Å²) in [4.78, 5) is 10.4. The molecule has 0 fully saturated rings. The maximum atomic E-state index is 13.1. The van der Waals surface area contributed by atoms with Crippen LogP contribution in [0.3, 0.4) is 0 Å². The summed E-state index contributed by atoms with van der Waals surface area (Å²) < 4.78 is 26.1. The van der Waals surface area contributed by atoms with Gasteiger partial charge in [-0.15, -0.1) is 0 Å². The minimum Gasteiger partial charge on any atom is -0.478 e. The third-order valence-electron chi connectivity index (χ3n) is 1.54. The van der Waals surface area contributed by atoms with E-state index in [9.17, 15) is 13.6 Å². The molecule has 5 heteroatoms. The Kier molecular flexibility index (Phi) is 3.00. The van der Waals surface area contributed by atoms with E-state index in [0.717, 1.165) is 0 Å². The molecule has 0 aliphatic heterocycles. The van der Waals surface area contributed by atoms with Crippen molar-refractivity contribution in [3.63, 3.8) is 0 Å². The van der Waals surface area contributed by atoms with Crippen molar-refractivity contribution in [3.05, 3.63) is 34.9 Å². The van der Waals surface area contributed by atoms with Crippen LogP contribution in [-0.2, 0) is 0 Å². The highest BCUT2D eigenvalue weighted by Crippen LogP contribution is 2.14. The summed E-state index contributed by atoms with van der Waals surface area (Å²) in [7, 11) is 0. The number of aromatic carboxylic acids is 1. The van der Waals surface area contributed by atoms with Gasteiger partial charge in [0, 0.05) is 5.92 Å². The van der Waals surface area contributed by atoms with Crippen LogP contribution in [0.1, 0.15) is 15.9 Å². The number of carbonyl (C=O) groups is 1. The molecule has 74 valence electrons. The maximum Gasteiger partial charge on any atom is 0.338 e. The number of carboxylic acids is 1. The Hall–Kier alpha value is -2.40. The topological polar surface area (TPSA) is 61.1 Å². The van der Waals surface area contributed by atoms with E-state index in [-0.39, 0.29) is 5.56 Å². The first-order chi connectivity index (χ1) is 7.06. The number of carboxylic acid groups (broad SMARTS) is 1. The predicted octanol–water partition coefficient (Wildman–Crippen LogP) is 1.54. The first-order valence-electron chi connectivity index (χ1n) is 3.68. The number of hydrogen-bond acceptors (Lipinski definition) is 2. The van der Waals surface area contributed by atoms with Gasteiger partial charge in [0.2, 0.25) is 0 Å². The van der Waals surface area contributed by atoms with Crippen molar-refractivity contribution in [1.82, 2.24) is 0 Å². The lowest BCUT2D eigenvalue weighted by Gasteiger charge is -1.99. The van der Waals surface area contributed by atoms with E-state index in [2.05, 4.69) is 5.92 Å². The van der Waals surface area contributed by atoms with E-state index in [1.165, 1.54) is 6.07 Å². The van der Waals surface area contributed by atoms with Crippen molar-refractivity contribution in [3.8, 4) is 17.9 Å². The van der Waals surface area contributed by atoms with Gasteiger partial charge >= 0.3 is 5.97 Å². The Morgan fingerprint density at radius 2 is 2.00 bits per heavy atom. The summed E-state index contributed by atoms with van der Waals surface area (Å²) >= 11 is 0. The monoisotopic (exact) mass is 207 g/mol. The van der Waals surface area contributed by atoms with Crippen LogP contribution in [0.5, 0.6) is 0 Å². The molecule has 0 amide bonds. The fourth-order valence-electron chi connectivity index (χ4n) is 0.902. The SMILES string of the molecule is N#CC#Cc1cc(F)c(C(=O)O)cc1F. The van der Waals surface area contributed by atoms with Gasteiger partial charge in [0.05, 0.1) is 11.1 Å². The van der Waals surface area contributed by atoms with Gasteiger partial charge in [-0.2, -0.15) is 5.26 Å². The standard InChI is InChI=1S/C10H3F2NO2/c11-8-5-7(10(14)15)9(12)4-6(8)2-1-3-13/h4-5H,(H,14,15). The van der Waals surface area contributed by atoms with Gasteiger partial charge < -0.3 is 5.11 Å². The van der Waals surface area contributed by atoms with Gasteiger partial charge in [-0.3, -0.25) is 0 Å². The van der Waals surface area contributed by atoms with Crippen LogP contribution < -0.4 is 0 Å². The highest BCUT2D eigenvalue weighted by Gasteiger charge is 2.13. The van der Waals surface area contributed by atoms with Crippen LogP contribution in [0.4, 0.5) is 8.78 Å². The van der Waals surface area contributed by atoms with Crippen LogP contribution in [0.15, 0.2) is 12.1 Å². The van der Waals surface area contributed by atoms with Crippen molar-refractivity contribution in [1.29, 1.82) is 5.26 Å². The zero-order chi connectivity index (χ0) is 11.4. The summed E-state index contributed by atoms with van der Waals surface area (Å²) in [5.41, 5.74) is -1.12. The van der Waals surface area contributed by atoms with E-state index >= 15 is 0 Å². The molecule has 0 bridgehead atoms. The Labute approximate surface area is 83.6 Å². The Bertz CT molecular complexity index is 521. The second kappa shape index (κ2) is 4.21. The van der Waals surface area contributed by atoms with Crippen LogP contribution >= 0.6 is 0 Å². The molecule has 0 radical (unpaired) electrons. The van der Waals surface area contributed by atoms with Gasteiger partial charge in [-0.1, -0.05) is 0 Å². The first kappa shape index (κ1) is 10.7. The maximum absolute atomic E-state index is 13.1. The molecule has 0 saturated heterocycles. The minimum atomic E-state index is -1.56. The van der Waals surface area contributed by atoms with E-state index in [1.54, 1.807) is 0 Å². The molecule has 0 saturated carbocycles. The second-order valence-corrected chi connectivity index (χ2v) is 2.48. The molecule has 1 rings (SSSR count). The van der Waals surface area contributed by atoms with Gasteiger partial charge in [0.25, 0.3) is 0 Å². The molecule has 1 aromatic rings. The number of hydrogen-bond donors (Lipinski definition) is 1. The fourth-order valence-corrected chi connectivity index (χ4v) is 0.902. The number of nitriles is 1. The smallest absolute Gasteiger partial charge is 0.338 e. The van der Waals surface area contributed by atoms with E-state index < -0.39 is 23.2 Å². The third-order valence-corrected chi connectivity index (χ3v) is 1.54. The minimum absolute atomic E-state index is 0.348. The normalized spacial score (nSPS) is 8.60. The van der Waals surface area contributed by atoms with Crippen molar-refractivity contribution in [2.75, 3.05) is 0 Å². The summed E-state index contributed by atoms with van der Waals surface area (Å²) in [6.45, 7) is 0. The lowest BCUT2D eigenvalue weighted by Crippen LogP contribution is -2.02. The van der Waals surface area contributed by atoms with Gasteiger partial charge in [-0.25, -0.2) is 13.6 Å². The van der Waals surface area contributed by atoms with Gasteiger partial charge in [0.15, 0.2) is 6.07 Å². The number of benzene rings is 1. The van der Waals surface area contributed by atoms with Crippen molar-refractivity contribution in [2.24, 2.45) is 0 Å². The average molecular weight is 207 g/mol. The van der Waals surface area contributed by atoms with Crippen molar-refractivity contribution < 1.29 is 18.7 Å². The van der Waals surface area contributed by atoms with Gasteiger partial charge in [-0.05, 0) is 18.1 Å². The zero-order valence-corrected chi connectivity index (χ0v) is 7.21. The third kappa shape index (κ3) is 2.29. The fraction of sp³-hybridized carbons (Fsp3) is 0. The van der Waals surface area contributed by atoms with Crippen LogP contribution in [0.2, 0.25) is 0 Å².